The first-order valence-electron chi connectivity index (χ1n) is 6.55. The van der Waals surface area contributed by atoms with Gasteiger partial charge in [0, 0.05) is 11.8 Å². The number of benzene rings is 1. The standard InChI is InChI=1S/C16H15NO5/c1-10(18)11-7-13(17-8-11)16(20)22-9-14(19)12-5-3-4-6-15(12)21-2/h3-8,17H,9H2,1-2H3. The van der Waals surface area contributed by atoms with Gasteiger partial charge in [0.2, 0.25) is 5.78 Å². The Kier molecular flexibility index (Phi) is 4.73. The highest BCUT2D eigenvalue weighted by atomic mass is 16.5. The van der Waals surface area contributed by atoms with E-state index in [4.69, 9.17) is 9.47 Å². The van der Waals surface area contributed by atoms with Crippen LogP contribution in [0.2, 0.25) is 0 Å². The second-order valence-corrected chi connectivity index (χ2v) is 4.56. The van der Waals surface area contributed by atoms with Crippen LogP contribution in [0.3, 0.4) is 0 Å². The molecule has 0 saturated heterocycles. The largest absolute Gasteiger partial charge is 0.496 e. The van der Waals surface area contributed by atoms with Gasteiger partial charge in [-0.05, 0) is 25.1 Å². The van der Waals surface area contributed by atoms with Crippen LogP contribution in [0.1, 0.15) is 38.1 Å². The fraction of sp³-hybridized carbons (Fsp3) is 0.188. The molecule has 6 nitrogen and oxygen atoms in total. The van der Waals surface area contributed by atoms with Gasteiger partial charge in [-0.3, -0.25) is 9.59 Å². The number of esters is 1. The van der Waals surface area contributed by atoms with Crippen LogP contribution in [0.5, 0.6) is 5.75 Å². The van der Waals surface area contributed by atoms with Crippen LogP contribution in [0, 0.1) is 0 Å². The number of carbonyl (C=O) groups is 3. The predicted molar refractivity (Wildman–Crippen MR) is 78.4 cm³/mol. The van der Waals surface area contributed by atoms with Crippen molar-refractivity contribution in [1.82, 2.24) is 4.98 Å². The van der Waals surface area contributed by atoms with E-state index >= 15 is 0 Å². The molecular formula is C16H15NO5. The van der Waals surface area contributed by atoms with Crippen molar-refractivity contribution < 1.29 is 23.9 Å². The lowest BCUT2D eigenvalue weighted by Crippen LogP contribution is -2.15. The highest BCUT2D eigenvalue weighted by Gasteiger charge is 2.16. The van der Waals surface area contributed by atoms with Crippen LogP contribution in [-0.2, 0) is 4.74 Å². The monoisotopic (exact) mass is 301 g/mol. The van der Waals surface area contributed by atoms with E-state index in [1.54, 1.807) is 24.3 Å². The normalized spacial score (nSPS) is 10.1. The van der Waals surface area contributed by atoms with E-state index in [9.17, 15) is 14.4 Å². The van der Waals surface area contributed by atoms with Gasteiger partial charge in [0.25, 0.3) is 0 Å². The van der Waals surface area contributed by atoms with E-state index in [0.717, 1.165) is 0 Å². The molecule has 1 heterocycles. The predicted octanol–water partition coefficient (Wildman–Crippen LogP) is 2.27. The van der Waals surface area contributed by atoms with Gasteiger partial charge < -0.3 is 14.5 Å². The van der Waals surface area contributed by atoms with Gasteiger partial charge in [-0.25, -0.2) is 4.79 Å². The molecule has 0 aliphatic rings. The number of H-pyrrole nitrogens is 1. The molecule has 1 aromatic carbocycles. The zero-order chi connectivity index (χ0) is 16.1. The first kappa shape index (κ1) is 15.5. The molecule has 114 valence electrons. The second kappa shape index (κ2) is 6.71. The third kappa shape index (κ3) is 3.41. The van der Waals surface area contributed by atoms with Crippen molar-refractivity contribution in [3.05, 3.63) is 53.3 Å². The number of aromatic amines is 1. The smallest absolute Gasteiger partial charge is 0.355 e. The maximum atomic E-state index is 12.1. The number of para-hydroxylation sites is 1. The number of hydrogen-bond acceptors (Lipinski definition) is 5. The van der Waals surface area contributed by atoms with E-state index in [1.165, 1.54) is 26.3 Å². The molecule has 0 amide bonds. The average Bonchev–Trinajstić information content (AvgIpc) is 3.02. The van der Waals surface area contributed by atoms with Crippen LogP contribution < -0.4 is 4.74 Å². The number of rotatable bonds is 6. The number of aromatic nitrogens is 1. The van der Waals surface area contributed by atoms with Crippen molar-refractivity contribution in [2.75, 3.05) is 13.7 Å². The molecule has 1 N–H and O–H groups in total. The summed E-state index contributed by atoms with van der Waals surface area (Å²) < 4.78 is 10.0. The zero-order valence-corrected chi connectivity index (χ0v) is 12.2. The topological polar surface area (TPSA) is 85.5 Å². The first-order valence-corrected chi connectivity index (χ1v) is 6.55. The highest BCUT2D eigenvalue weighted by Crippen LogP contribution is 2.18. The molecule has 0 atom stereocenters. The van der Waals surface area contributed by atoms with Gasteiger partial charge in [-0.15, -0.1) is 0 Å². The Balaban J connectivity index is 2.01. The van der Waals surface area contributed by atoms with Gasteiger partial charge in [0.15, 0.2) is 12.4 Å². The van der Waals surface area contributed by atoms with Crippen molar-refractivity contribution in [3.8, 4) is 5.75 Å². The number of methoxy groups -OCH3 is 1. The summed E-state index contributed by atoms with van der Waals surface area (Å²) in [4.78, 5) is 37.7. The lowest BCUT2D eigenvalue weighted by atomic mass is 10.1. The van der Waals surface area contributed by atoms with Crippen molar-refractivity contribution in [1.29, 1.82) is 0 Å². The van der Waals surface area contributed by atoms with Crippen LogP contribution >= 0.6 is 0 Å². The molecule has 1 aromatic heterocycles. The Labute approximate surface area is 127 Å². The fourth-order valence-electron chi connectivity index (χ4n) is 1.88. The molecule has 22 heavy (non-hydrogen) atoms. The quantitative estimate of drug-likeness (QED) is 0.653. The van der Waals surface area contributed by atoms with Crippen molar-refractivity contribution in [2.24, 2.45) is 0 Å². The SMILES string of the molecule is COc1ccccc1C(=O)COC(=O)c1cc(C(C)=O)c[nH]1. The number of carbonyl (C=O) groups excluding carboxylic acids is 3. The summed E-state index contributed by atoms with van der Waals surface area (Å²) in [5, 5.41) is 0. The average molecular weight is 301 g/mol. The molecule has 0 unspecified atom stereocenters. The van der Waals surface area contributed by atoms with Gasteiger partial charge in [-0.1, -0.05) is 12.1 Å². The maximum absolute atomic E-state index is 12.1. The van der Waals surface area contributed by atoms with E-state index in [1.807, 2.05) is 0 Å². The first-order chi connectivity index (χ1) is 10.5. The van der Waals surface area contributed by atoms with E-state index in [-0.39, 0.29) is 17.3 Å². The molecule has 0 radical (unpaired) electrons. The number of hydrogen-bond donors (Lipinski definition) is 1. The lowest BCUT2D eigenvalue weighted by Gasteiger charge is -2.07. The molecule has 0 aliphatic carbocycles. The van der Waals surface area contributed by atoms with Gasteiger partial charge in [0.1, 0.15) is 11.4 Å². The van der Waals surface area contributed by atoms with Crippen molar-refractivity contribution in [3.63, 3.8) is 0 Å². The van der Waals surface area contributed by atoms with E-state index in [0.29, 0.717) is 16.9 Å². The third-order valence-corrected chi connectivity index (χ3v) is 3.05. The number of nitrogens with one attached hydrogen (secondary N) is 1. The molecular weight excluding hydrogens is 286 g/mol. The number of ketones is 2. The summed E-state index contributed by atoms with van der Waals surface area (Å²) in [7, 11) is 1.46. The minimum Gasteiger partial charge on any atom is -0.496 e. The molecule has 2 aromatic rings. The molecule has 0 bridgehead atoms. The second-order valence-electron chi connectivity index (χ2n) is 4.56. The van der Waals surface area contributed by atoms with E-state index in [2.05, 4.69) is 4.98 Å². The summed E-state index contributed by atoms with van der Waals surface area (Å²) in [6.45, 7) is 0.983. The summed E-state index contributed by atoms with van der Waals surface area (Å²) in [6, 6.07) is 8.07. The van der Waals surface area contributed by atoms with Crippen LogP contribution in [0.25, 0.3) is 0 Å². The van der Waals surface area contributed by atoms with Crippen LogP contribution in [0.15, 0.2) is 36.5 Å². The third-order valence-electron chi connectivity index (χ3n) is 3.05. The molecule has 0 aliphatic heterocycles. The van der Waals surface area contributed by atoms with Gasteiger partial charge >= 0.3 is 5.97 Å². The molecule has 0 spiro atoms. The van der Waals surface area contributed by atoms with Crippen molar-refractivity contribution >= 4 is 17.5 Å². The molecule has 0 fully saturated rings. The summed E-state index contributed by atoms with van der Waals surface area (Å²) in [6.07, 6.45) is 1.42. The Hall–Kier alpha value is -2.89. The van der Waals surface area contributed by atoms with E-state index < -0.39 is 12.6 Å². The molecule has 0 saturated carbocycles. The Morgan fingerprint density at radius 1 is 1.18 bits per heavy atom. The minimum absolute atomic E-state index is 0.123. The molecule has 2 rings (SSSR count). The summed E-state index contributed by atoms with van der Waals surface area (Å²) in [5.74, 6) is -0.817. The number of Topliss-reactive ketones (excluding diaryl/α,β-unsaturated/α-hetero) is 2. The minimum atomic E-state index is -0.698. The zero-order valence-electron chi connectivity index (χ0n) is 12.2. The van der Waals surface area contributed by atoms with Crippen LogP contribution in [-0.4, -0.2) is 36.2 Å². The highest BCUT2D eigenvalue weighted by molar-refractivity contribution is 6.01. The van der Waals surface area contributed by atoms with Gasteiger partial charge in [0.05, 0.1) is 12.7 Å². The Bertz CT molecular complexity index is 717. The lowest BCUT2D eigenvalue weighted by molar-refractivity contribution is 0.0469. The summed E-state index contributed by atoms with van der Waals surface area (Å²) in [5.41, 5.74) is 0.842. The molecule has 6 heteroatoms. The fourth-order valence-corrected chi connectivity index (χ4v) is 1.88. The Morgan fingerprint density at radius 3 is 2.55 bits per heavy atom. The Morgan fingerprint density at radius 2 is 1.91 bits per heavy atom. The van der Waals surface area contributed by atoms with Crippen LogP contribution in [0.4, 0.5) is 0 Å². The number of ether oxygens (including phenoxy) is 2. The van der Waals surface area contributed by atoms with Gasteiger partial charge in [-0.2, -0.15) is 0 Å². The summed E-state index contributed by atoms with van der Waals surface area (Å²) >= 11 is 0. The maximum Gasteiger partial charge on any atom is 0.355 e. The van der Waals surface area contributed by atoms with Crippen molar-refractivity contribution in [2.45, 2.75) is 6.92 Å².